The second kappa shape index (κ2) is 12.3. The molecule has 0 saturated carbocycles. The topological polar surface area (TPSA) is 237 Å². The highest BCUT2D eigenvalue weighted by Gasteiger charge is 2.29. The molecule has 0 bridgehead atoms. The predicted octanol–water partition coefficient (Wildman–Crippen LogP) is -3.72. The van der Waals surface area contributed by atoms with Crippen molar-refractivity contribution >= 4 is 35.5 Å². The Morgan fingerprint density at radius 2 is 1.41 bits per heavy atom. The number of carboxylic acid groups (broad SMARTS) is 1. The van der Waals surface area contributed by atoms with Crippen LogP contribution in [0.25, 0.3) is 0 Å². The largest absolute Gasteiger partial charge is 0.480 e. The van der Waals surface area contributed by atoms with Crippen LogP contribution in [0, 0.1) is 5.92 Å². The lowest BCUT2D eigenvalue weighted by Crippen LogP contribution is -2.57. The molecule has 0 aliphatic heterocycles. The van der Waals surface area contributed by atoms with Gasteiger partial charge in [-0.25, -0.2) is 0 Å². The van der Waals surface area contributed by atoms with Gasteiger partial charge < -0.3 is 38.3 Å². The Labute approximate surface area is 167 Å². The highest BCUT2D eigenvalue weighted by Crippen LogP contribution is 2.04. The van der Waals surface area contributed by atoms with E-state index < -0.39 is 66.6 Å². The number of rotatable bonds is 13. The van der Waals surface area contributed by atoms with E-state index in [9.17, 15) is 28.8 Å². The van der Waals surface area contributed by atoms with E-state index >= 15 is 0 Å². The molecular weight excluding hydrogens is 388 g/mol. The van der Waals surface area contributed by atoms with Crippen LogP contribution in [-0.2, 0) is 28.8 Å². The monoisotopic (exact) mass is 416 g/mol. The fourth-order valence-corrected chi connectivity index (χ4v) is 2.09. The molecule has 0 rings (SSSR count). The molecule has 164 valence electrons. The van der Waals surface area contributed by atoms with E-state index in [2.05, 4.69) is 10.6 Å². The highest BCUT2D eigenvalue weighted by molar-refractivity contribution is 5.95. The third-order valence-electron chi connectivity index (χ3n) is 3.79. The van der Waals surface area contributed by atoms with Crippen molar-refractivity contribution < 1.29 is 33.9 Å². The van der Waals surface area contributed by atoms with Gasteiger partial charge in [0, 0.05) is 6.42 Å². The van der Waals surface area contributed by atoms with Gasteiger partial charge in [-0.1, -0.05) is 13.8 Å². The van der Waals surface area contributed by atoms with Gasteiger partial charge in [0.15, 0.2) is 0 Å². The molecule has 0 aliphatic carbocycles. The first-order valence-corrected chi connectivity index (χ1v) is 8.77. The van der Waals surface area contributed by atoms with E-state index in [1.54, 1.807) is 13.8 Å². The Hall–Kier alpha value is -3.22. The van der Waals surface area contributed by atoms with Gasteiger partial charge in [0.05, 0.1) is 12.5 Å². The van der Waals surface area contributed by atoms with Crippen molar-refractivity contribution in [3.8, 4) is 0 Å². The van der Waals surface area contributed by atoms with Crippen molar-refractivity contribution in [2.45, 2.75) is 51.2 Å². The van der Waals surface area contributed by atoms with Crippen molar-refractivity contribution in [2.75, 3.05) is 6.54 Å². The normalized spacial score (nSPS) is 13.7. The van der Waals surface area contributed by atoms with E-state index in [0.717, 1.165) is 0 Å². The number of nitrogens with two attached hydrogens (primary N) is 3. The fourth-order valence-electron chi connectivity index (χ4n) is 2.09. The Morgan fingerprint density at radius 1 is 0.862 bits per heavy atom. The minimum atomic E-state index is -1.48. The number of aliphatic carboxylic acids is 1. The van der Waals surface area contributed by atoms with Crippen molar-refractivity contribution in [2.24, 2.45) is 23.1 Å². The maximum Gasteiger partial charge on any atom is 0.322 e. The first-order chi connectivity index (χ1) is 13.3. The maximum atomic E-state index is 12.6. The highest BCUT2D eigenvalue weighted by atomic mass is 16.4. The van der Waals surface area contributed by atoms with Crippen LogP contribution >= 0.6 is 0 Å². The lowest BCUT2D eigenvalue weighted by molar-refractivity contribution is -0.138. The average molecular weight is 416 g/mol. The van der Waals surface area contributed by atoms with E-state index in [4.69, 9.17) is 22.3 Å². The molecule has 13 heteroatoms. The molecule has 0 aromatic carbocycles. The summed E-state index contributed by atoms with van der Waals surface area (Å²) in [7, 11) is 0. The molecule has 0 fully saturated rings. The Balaban J connectivity index is 5.34. The van der Waals surface area contributed by atoms with Gasteiger partial charge in [0.1, 0.15) is 18.6 Å². The van der Waals surface area contributed by atoms with Crippen molar-refractivity contribution in [3.63, 3.8) is 0 Å². The zero-order valence-electron chi connectivity index (χ0n) is 16.3. The zero-order chi connectivity index (χ0) is 22.7. The second-order valence-corrected chi connectivity index (χ2v) is 6.68. The molecule has 13 nitrogen and oxygen atoms in total. The lowest BCUT2D eigenvalue weighted by Gasteiger charge is -2.24. The lowest BCUT2D eigenvalue weighted by atomic mass is 10.0. The molecule has 0 radical (unpaired) electrons. The number of hydrogen-bond acceptors (Lipinski definition) is 7. The van der Waals surface area contributed by atoms with Gasteiger partial charge in [0.25, 0.3) is 0 Å². The first-order valence-electron chi connectivity index (χ1n) is 8.77. The molecule has 0 heterocycles. The summed E-state index contributed by atoms with van der Waals surface area (Å²) in [5.41, 5.74) is 15.9. The summed E-state index contributed by atoms with van der Waals surface area (Å²) >= 11 is 0. The van der Waals surface area contributed by atoms with Gasteiger partial charge in [-0.3, -0.25) is 28.8 Å². The number of hydrogen-bond donors (Lipinski definition) is 7. The Kier molecular flexibility index (Phi) is 10.9. The molecule has 10 N–H and O–H groups in total. The van der Waals surface area contributed by atoms with Gasteiger partial charge in [-0.2, -0.15) is 0 Å². The molecule has 0 aromatic rings. The summed E-state index contributed by atoms with van der Waals surface area (Å²) < 4.78 is 0. The minimum Gasteiger partial charge on any atom is -0.480 e. The maximum absolute atomic E-state index is 12.6. The van der Waals surface area contributed by atoms with Crippen LogP contribution in [-0.4, -0.2) is 65.3 Å². The van der Waals surface area contributed by atoms with E-state index in [1.165, 1.54) is 0 Å². The molecule has 29 heavy (non-hydrogen) atoms. The molecule has 3 unspecified atom stereocenters. The summed E-state index contributed by atoms with van der Waals surface area (Å²) in [5.74, 6) is -5.74. The van der Waals surface area contributed by atoms with Crippen LogP contribution in [0.2, 0.25) is 0 Å². The van der Waals surface area contributed by atoms with Gasteiger partial charge >= 0.3 is 5.97 Å². The predicted molar refractivity (Wildman–Crippen MR) is 99.6 cm³/mol. The van der Waals surface area contributed by atoms with Gasteiger partial charge in [0.2, 0.25) is 29.5 Å². The number of amides is 5. The van der Waals surface area contributed by atoms with Crippen molar-refractivity contribution in [1.82, 2.24) is 16.0 Å². The fraction of sp³-hybridized carbons (Fsp3) is 0.625. The van der Waals surface area contributed by atoms with E-state index in [-0.39, 0.29) is 18.8 Å². The van der Waals surface area contributed by atoms with Crippen molar-refractivity contribution in [3.05, 3.63) is 0 Å². The van der Waals surface area contributed by atoms with Crippen LogP contribution in [0.15, 0.2) is 0 Å². The summed E-state index contributed by atoms with van der Waals surface area (Å²) in [6, 6.07) is -3.69. The molecule has 0 aromatic heterocycles. The Morgan fingerprint density at radius 3 is 1.86 bits per heavy atom. The van der Waals surface area contributed by atoms with E-state index in [0.29, 0.717) is 0 Å². The van der Waals surface area contributed by atoms with E-state index in [1.807, 2.05) is 5.32 Å². The standard InChI is InChI=1S/C16H28N6O7/c1-7(2)13(19)16(29)21-8(3-4-10(17)23)15(28)22-9(5-11(18)24)14(27)20-6-12(25)26/h7-9,13H,3-6,19H2,1-2H3,(H2,17,23)(H2,18,24)(H,20,27)(H,21,29)(H,22,28)(H,25,26). The summed E-state index contributed by atoms with van der Waals surface area (Å²) in [6.45, 7) is 2.64. The SMILES string of the molecule is CC(C)C(N)C(=O)NC(CCC(N)=O)C(=O)NC(CC(N)=O)C(=O)NCC(=O)O. The molecule has 5 amide bonds. The van der Waals surface area contributed by atoms with Gasteiger partial charge in [-0.05, 0) is 12.3 Å². The summed E-state index contributed by atoms with van der Waals surface area (Å²) in [6.07, 6.45) is -1.04. The van der Waals surface area contributed by atoms with Crippen LogP contribution < -0.4 is 33.2 Å². The second-order valence-electron chi connectivity index (χ2n) is 6.68. The zero-order valence-corrected chi connectivity index (χ0v) is 16.3. The third kappa shape index (κ3) is 10.6. The first kappa shape index (κ1) is 25.8. The number of carbonyl (C=O) groups excluding carboxylic acids is 5. The van der Waals surface area contributed by atoms with Crippen molar-refractivity contribution in [1.29, 1.82) is 0 Å². The smallest absolute Gasteiger partial charge is 0.322 e. The van der Waals surface area contributed by atoms with Crippen LogP contribution in [0.5, 0.6) is 0 Å². The number of carboxylic acids is 1. The number of primary amides is 2. The number of nitrogens with one attached hydrogen (secondary N) is 3. The van der Waals surface area contributed by atoms with Crippen LogP contribution in [0.4, 0.5) is 0 Å². The van der Waals surface area contributed by atoms with Crippen LogP contribution in [0.1, 0.15) is 33.1 Å². The number of carbonyl (C=O) groups is 6. The molecule has 0 aliphatic rings. The quantitative estimate of drug-likeness (QED) is 0.157. The molecular formula is C16H28N6O7. The third-order valence-corrected chi connectivity index (χ3v) is 3.79. The summed E-state index contributed by atoms with van der Waals surface area (Å²) in [4.78, 5) is 69.6. The Bertz CT molecular complexity index is 652. The van der Waals surface area contributed by atoms with Gasteiger partial charge in [-0.15, -0.1) is 0 Å². The summed E-state index contributed by atoms with van der Waals surface area (Å²) in [5, 5.41) is 15.2. The van der Waals surface area contributed by atoms with Crippen LogP contribution in [0.3, 0.4) is 0 Å². The molecule has 3 atom stereocenters. The average Bonchev–Trinajstić information content (AvgIpc) is 2.60. The molecule has 0 spiro atoms. The minimum absolute atomic E-state index is 0.183. The molecule has 0 saturated heterocycles.